The zero-order chi connectivity index (χ0) is 24.3. The first-order chi connectivity index (χ1) is 13.8. The molecule has 184 valence electrons. The van der Waals surface area contributed by atoms with Gasteiger partial charge in [-0.15, -0.1) is 0 Å². The minimum absolute atomic E-state index is 0. The van der Waals surface area contributed by atoms with Gasteiger partial charge < -0.3 is 43.2 Å². The molecule has 0 bridgehead atoms. The zero-order valence-corrected chi connectivity index (χ0v) is 25.4. The number of unbranched alkanes of at least 4 members (excludes halogenated alkanes) is 8. The molecular weight excluding hydrogens is 528 g/mol. The van der Waals surface area contributed by atoms with Crippen molar-refractivity contribution in [1.29, 1.82) is 0 Å². The molecule has 0 amide bonds. The summed E-state index contributed by atoms with van der Waals surface area (Å²) in [4.78, 5) is 45.3. The van der Waals surface area contributed by atoms with Crippen molar-refractivity contribution < 1.29 is 48.8 Å². The van der Waals surface area contributed by atoms with Gasteiger partial charge in [0.25, 0.3) is 0 Å². The summed E-state index contributed by atoms with van der Waals surface area (Å²) in [6.07, 6.45) is 13.0. The summed E-state index contributed by atoms with van der Waals surface area (Å²) in [6.45, 7) is 4.35. The van der Waals surface area contributed by atoms with E-state index in [4.69, 9.17) is 29.4 Å². The van der Waals surface area contributed by atoms with Crippen LogP contribution in [-0.2, 0) is 43.1 Å². The molecule has 1 rings (SSSR count). The van der Waals surface area contributed by atoms with Crippen LogP contribution in [0.2, 0.25) is 0 Å². The van der Waals surface area contributed by atoms with Crippen molar-refractivity contribution in [3.05, 3.63) is 50.2 Å². The van der Waals surface area contributed by atoms with Crippen molar-refractivity contribution >= 4 is 37.1 Å². The van der Waals surface area contributed by atoms with Crippen LogP contribution in [0.5, 0.6) is 0 Å². The van der Waals surface area contributed by atoms with Crippen LogP contribution >= 0.6 is 13.4 Å². The number of hydrogen-bond donors (Lipinski definition) is 6. The van der Waals surface area contributed by atoms with Crippen molar-refractivity contribution in [3.63, 3.8) is 0 Å². The van der Waals surface area contributed by atoms with E-state index in [0.717, 1.165) is 12.8 Å². The molecule has 31 heavy (non-hydrogen) atoms. The summed E-state index contributed by atoms with van der Waals surface area (Å²) in [6, 6.07) is 12.5. The quantitative estimate of drug-likeness (QED) is 0.106. The molecule has 0 fully saturated rings. The predicted octanol–water partition coefficient (Wildman–Crippen LogP) is 5.44. The second-order valence-electron chi connectivity index (χ2n) is 5.93. The van der Waals surface area contributed by atoms with Crippen molar-refractivity contribution in [1.82, 2.24) is 0 Å². The van der Waals surface area contributed by atoms with Crippen LogP contribution in [0.1, 0.15) is 78.1 Å². The van der Waals surface area contributed by atoms with E-state index in [0.29, 0.717) is 0 Å². The first-order valence-corrected chi connectivity index (χ1v) is 15.2. The van der Waals surface area contributed by atoms with Crippen LogP contribution < -0.4 is 0 Å². The van der Waals surface area contributed by atoms with Gasteiger partial charge in [-0.3, -0.25) is 0 Å². The Labute approximate surface area is 213 Å². The molecular formula is C20H41O6P2S2Zn-3. The third-order valence-corrected chi connectivity index (χ3v) is 2.81. The molecule has 0 heterocycles. The number of rotatable bonds is 8. The largest absolute Gasteiger partial charge is 0.343 e. The second-order valence-corrected chi connectivity index (χ2v) is 10.9. The molecule has 0 aromatic heterocycles. The molecule has 0 atom stereocenters. The molecule has 0 saturated carbocycles. The molecule has 0 radical (unpaired) electrons. The van der Waals surface area contributed by atoms with Gasteiger partial charge in [0.05, 0.1) is 0 Å². The van der Waals surface area contributed by atoms with Crippen molar-refractivity contribution in [2.75, 3.05) is 0 Å². The predicted molar refractivity (Wildman–Crippen MR) is 135 cm³/mol. The van der Waals surface area contributed by atoms with Gasteiger partial charge in [-0.05, 0) is 23.6 Å². The van der Waals surface area contributed by atoms with Gasteiger partial charge in [0, 0.05) is 19.5 Å². The summed E-state index contributed by atoms with van der Waals surface area (Å²) in [7, 11) is 0. The Morgan fingerprint density at radius 1 is 0.645 bits per heavy atom. The van der Waals surface area contributed by atoms with E-state index in [-0.39, 0.29) is 19.5 Å². The van der Waals surface area contributed by atoms with Crippen LogP contribution in [0.15, 0.2) is 30.3 Å². The van der Waals surface area contributed by atoms with E-state index in [9.17, 15) is 0 Å². The molecule has 6 nitrogen and oxygen atoms in total. The van der Waals surface area contributed by atoms with Gasteiger partial charge in [-0.25, -0.2) is 0 Å². The van der Waals surface area contributed by atoms with Gasteiger partial charge in [0.1, 0.15) is 0 Å². The SMILES string of the molecule is OP(O)(O)=S.OP(O)(O)=S.[CH2-]CCCCCC.[CH2-]CCCCCC.[Zn].[c-]1ccccc1. The van der Waals surface area contributed by atoms with Crippen molar-refractivity contribution in [3.8, 4) is 0 Å². The smallest absolute Gasteiger partial charge is 0.319 e. The minimum Gasteiger partial charge on any atom is -0.343 e. The molecule has 0 saturated heterocycles. The average Bonchev–Trinajstić information content (AvgIpc) is 2.62. The standard InChI is InChI=1S/2C7H15.C6H5.2H3O3PS.Zn/c2*1-3-5-7-6-4-2;1-2-4-6-5-3-1;2*1-4(2,3)5;/h2*1,3-7H2,2H3;1-5H;2*(H3,1,2,3,5);/q3*-1;;;. The molecule has 11 heteroatoms. The van der Waals surface area contributed by atoms with Gasteiger partial charge in [0.15, 0.2) is 0 Å². The zero-order valence-electron chi connectivity index (χ0n) is 19.0. The summed E-state index contributed by atoms with van der Waals surface area (Å²) < 4.78 is 0. The van der Waals surface area contributed by atoms with Gasteiger partial charge in [-0.2, -0.15) is 49.2 Å². The maximum Gasteiger partial charge on any atom is 0.319 e. The summed E-state index contributed by atoms with van der Waals surface area (Å²) in [5, 5.41) is 0. The summed E-state index contributed by atoms with van der Waals surface area (Å²) >= 11 is 7.21. The van der Waals surface area contributed by atoms with Crippen LogP contribution in [0.4, 0.5) is 0 Å². The van der Waals surface area contributed by atoms with E-state index in [1.54, 1.807) is 0 Å². The van der Waals surface area contributed by atoms with E-state index < -0.39 is 13.4 Å². The molecule has 1 aromatic carbocycles. The van der Waals surface area contributed by atoms with Gasteiger partial charge >= 0.3 is 13.4 Å². The fraction of sp³-hybridized carbons (Fsp3) is 0.600. The summed E-state index contributed by atoms with van der Waals surface area (Å²) in [5.74, 6) is 0. The Morgan fingerprint density at radius 2 is 0.935 bits per heavy atom. The topological polar surface area (TPSA) is 121 Å². The molecule has 6 N–H and O–H groups in total. The number of benzene rings is 1. The molecule has 0 aliphatic heterocycles. The van der Waals surface area contributed by atoms with Crippen molar-refractivity contribution in [2.24, 2.45) is 0 Å². The fourth-order valence-electron chi connectivity index (χ4n) is 1.55. The van der Waals surface area contributed by atoms with Crippen LogP contribution in [0, 0.1) is 19.9 Å². The first-order valence-electron chi connectivity index (χ1n) is 9.89. The van der Waals surface area contributed by atoms with Crippen LogP contribution in [-0.4, -0.2) is 29.4 Å². The Morgan fingerprint density at radius 3 is 1.06 bits per heavy atom. The molecule has 0 aliphatic carbocycles. The van der Waals surface area contributed by atoms with Gasteiger partial charge in [0.2, 0.25) is 0 Å². The van der Waals surface area contributed by atoms with E-state index in [2.05, 4.69) is 57.4 Å². The Balaban J connectivity index is -0.0000000908. The maximum absolute atomic E-state index is 7.56. The maximum atomic E-state index is 7.56. The van der Waals surface area contributed by atoms with Gasteiger partial charge in [-0.1, -0.05) is 65.2 Å². The normalized spacial score (nSPS) is 9.61. The minimum atomic E-state index is -3.81. The third kappa shape index (κ3) is 116. The van der Waals surface area contributed by atoms with Crippen molar-refractivity contribution in [2.45, 2.75) is 78.1 Å². The Kier molecular flexibility index (Phi) is 44.9. The first kappa shape index (κ1) is 42.1. The second kappa shape index (κ2) is 33.1. The summed E-state index contributed by atoms with van der Waals surface area (Å²) in [5.41, 5.74) is 0. The van der Waals surface area contributed by atoms with E-state index in [1.165, 1.54) is 51.4 Å². The monoisotopic (exact) mass is 567 g/mol. The Hall–Kier alpha value is 0.903. The van der Waals surface area contributed by atoms with E-state index in [1.807, 2.05) is 30.3 Å². The average molecular weight is 569 g/mol. The molecule has 0 aliphatic rings. The van der Waals surface area contributed by atoms with E-state index >= 15 is 0 Å². The molecule has 0 unspecified atom stereocenters. The number of hydrogen-bond acceptors (Lipinski definition) is 2. The Bertz CT molecular complexity index is 420. The molecule has 1 aromatic rings. The van der Waals surface area contributed by atoms with Crippen LogP contribution in [0.25, 0.3) is 0 Å². The van der Waals surface area contributed by atoms with Crippen LogP contribution in [0.3, 0.4) is 0 Å². The third-order valence-electron chi connectivity index (χ3n) is 2.81. The molecule has 0 spiro atoms. The fourth-order valence-corrected chi connectivity index (χ4v) is 1.55.